The van der Waals surface area contributed by atoms with Crippen LogP contribution in [0.2, 0.25) is 0 Å². The minimum Gasteiger partial charge on any atom is -0.419 e. The molecule has 1 saturated carbocycles. The van der Waals surface area contributed by atoms with Gasteiger partial charge in [0, 0.05) is 12.1 Å². The van der Waals surface area contributed by atoms with E-state index in [2.05, 4.69) is 15.2 Å². The molecule has 1 aliphatic carbocycles. The molecule has 0 radical (unpaired) electrons. The zero-order chi connectivity index (χ0) is 14.9. The third kappa shape index (κ3) is 3.06. The van der Waals surface area contributed by atoms with Crippen LogP contribution in [0.15, 0.2) is 28.8 Å². The topological polar surface area (TPSA) is 51.8 Å². The SMILES string of the molecule is FC(F)(F)C1CCCC(c2nnc(-c3ccccn3)o2)C1. The molecule has 0 spiro atoms. The molecule has 0 N–H and O–H groups in total. The van der Waals surface area contributed by atoms with Crippen molar-refractivity contribution < 1.29 is 17.6 Å². The Kier molecular flexibility index (Phi) is 3.65. The number of nitrogens with zero attached hydrogens (tertiary/aromatic N) is 3. The summed E-state index contributed by atoms with van der Waals surface area (Å²) in [6, 6.07) is 5.26. The predicted octanol–water partition coefficient (Wildman–Crippen LogP) is 3.97. The average molecular weight is 297 g/mol. The highest BCUT2D eigenvalue weighted by molar-refractivity contribution is 5.44. The lowest BCUT2D eigenvalue weighted by Gasteiger charge is -2.28. The summed E-state index contributed by atoms with van der Waals surface area (Å²) in [5.74, 6) is -1.07. The van der Waals surface area contributed by atoms with E-state index in [0.717, 1.165) is 0 Å². The van der Waals surface area contributed by atoms with Gasteiger partial charge in [0.15, 0.2) is 0 Å². The molecule has 1 aliphatic rings. The average Bonchev–Trinajstić information content (AvgIpc) is 2.97. The van der Waals surface area contributed by atoms with Crippen LogP contribution in [0.4, 0.5) is 13.2 Å². The summed E-state index contributed by atoms with van der Waals surface area (Å²) in [7, 11) is 0. The highest BCUT2D eigenvalue weighted by Gasteiger charge is 2.43. The summed E-state index contributed by atoms with van der Waals surface area (Å²) in [4.78, 5) is 4.09. The molecule has 0 aliphatic heterocycles. The lowest BCUT2D eigenvalue weighted by molar-refractivity contribution is -0.183. The zero-order valence-electron chi connectivity index (χ0n) is 11.2. The molecule has 112 valence electrons. The van der Waals surface area contributed by atoms with Gasteiger partial charge in [0.05, 0.1) is 5.92 Å². The van der Waals surface area contributed by atoms with Crippen LogP contribution >= 0.6 is 0 Å². The van der Waals surface area contributed by atoms with Crippen LogP contribution < -0.4 is 0 Å². The van der Waals surface area contributed by atoms with Crippen molar-refractivity contribution in [3.8, 4) is 11.6 Å². The molecule has 3 rings (SSSR count). The summed E-state index contributed by atoms with van der Waals surface area (Å²) in [5.41, 5.74) is 0.527. The maximum absolute atomic E-state index is 12.8. The number of alkyl halides is 3. The Morgan fingerprint density at radius 3 is 2.71 bits per heavy atom. The van der Waals surface area contributed by atoms with Crippen molar-refractivity contribution in [2.45, 2.75) is 37.8 Å². The summed E-state index contributed by atoms with van der Waals surface area (Å²) in [6.45, 7) is 0. The van der Waals surface area contributed by atoms with E-state index in [9.17, 15) is 13.2 Å². The number of rotatable bonds is 2. The summed E-state index contributed by atoms with van der Waals surface area (Å²) in [6.07, 6.45) is -1.18. The van der Waals surface area contributed by atoms with E-state index in [1.54, 1.807) is 24.4 Å². The van der Waals surface area contributed by atoms with Crippen LogP contribution in [-0.4, -0.2) is 21.4 Å². The van der Waals surface area contributed by atoms with E-state index in [-0.39, 0.29) is 30.5 Å². The molecule has 0 bridgehead atoms. The molecule has 2 unspecified atom stereocenters. The molecule has 0 aromatic carbocycles. The Morgan fingerprint density at radius 1 is 1.14 bits per heavy atom. The first-order valence-corrected chi connectivity index (χ1v) is 6.85. The Labute approximate surface area is 119 Å². The first-order valence-electron chi connectivity index (χ1n) is 6.85. The van der Waals surface area contributed by atoms with Gasteiger partial charge in [-0.3, -0.25) is 4.98 Å². The first-order chi connectivity index (χ1) is 10.0. The quantitative estimate of drug-likeness (QED) is 0.841. The van der Waals surface area contributed by atoms with Gasteiger partial charge in [0.2, 0.25) is 5.89 Å². The second kappa shape index (κ2) is 5.46. The first kappa shape index (κ1) is 14.0. The maximum Gasteiger partial charge on any atom is 0.391 e. The normalized spacial score (nSPS) is 23.2. The van der Waals surface area contributed by atoms with Crippen molar-refractivity contribution >= 4 is 0 Å². The van der Waals surface area contributed by atoms with Crippen LogP contribution in [0.5, 0.6) is 0 Å². The van der Waals surface area contributed by atoms with E-state index in [1.165, 1.54) is 0 Å². The fourth-order valence-corrected chi connectivity index (χ4v) is 2.70. The number of hydrogen-bond acceptors (Lipinski definition) is 4. The molecule has 21 heavy (non-hydrogen) atoms. The number of pyridine rings is 1. The van der Waals surface area contributed by atoms with Crippen LogP contribution in [0.1, 0.15) is 37.5 Å². The van der Waals surface area contributed by atoms with Gasteiger partial charge >= 0.3 is 6.18 Å². The lowest BCUT2D eigenvalue weighted by Crippen LogP contribution is -2.28. The Balaban J connectivity index is 1.77. The predicted molar refractivity (Wildman–Crippen MR) is 68.3 cm³/mol. The molecule has 0 saturated heterocycles. The van der Waals surface area contributed by atoms with Crippen LogP contribution in [0.25, 0.3) is 11.6 Å². The van der Waals surface area contributed by atoms with E-state index in [4.69, 9.17) is 4.42 Å². The molecule has 7 heteroatoms. The molecule has 4 nitrogen and oxygen atoms in total. The van der Waals surface area contributed by atoms with E-state index in [0.29, 0.717) is 18.5 Å². The molecule has 0 amide bonds. The molecular weight excluding hydrogens is 283 g/mol. The minimum atomic E-state index is -4.15. The summed E-state index contributed by atoms with van der Waals surface area (Å²) in [5, 5.41) is 7.80. The number of hydrogen-bond donors (Lipinski definition) is 0. The largest absolute Gasteiger partial charge is 0.419 e. The number of aromatic nitrogens is 3. The van der Waals surface area contributed by atoms with Gasteiger partial charge in [0.25, 0.3) is 5.89 Å². The van der Waals surface area contributed by atoms with E-state index >= 15 is 0 Å². The fourth-order valence-electron chi connectivity index (χ4n) is 2.70. The third-order valence-corrected chi connectivity index (χ3v) is 3.81. The van der Waals surface area contributed by atoms with Gasteiger partial charge in [-0.05, 0) is 31.4 Å². The van der Waals surface area contributed by atoms with Crippen molar-refractivity contribution in [3.63, 3.8) is 0 Å². The minimum absolute atomic E-state index is 0.0212. The molecule has 2 heterocycles. The standard InChI is InChI=1S/C14H14F3N3O/c15-14(16,17)10-5-3-4-9(8-10)12-19-20-13(21-12)11-6-1-2-7-18-11/h1-2,6-7,9-10H,3-5,8H2. The van der Waals surface area contributed by atoms with Gasteiger partial charge in [-0.2, -0.15) is 13.2 Å². The third-order valence-electron chi connectivity index (χ3n) is 3.81. The van der Waals surface area contributed by atoms with Gasteiger partial charge < -0.3 is 4.42 Å². The van der Waals surface area contributed by atoms with Crippen LogP contribution in [0.3, 0.4) is 0 Å². The van der Waals surface area contributed by atoms with E-state index < -0.39 is 12.1 Å². The highest BCUT2D eigenvalue weighted by atomic mass is 19.4. The monoisotopic (exact) mass is 297 g/mol. The summed E-state index contributed by atoms with van der Waals surface area (Å²) >= 11 is 0. The second-order valence-corrected chi connectivity index (χ2v) is 5.26. The van der Waals surface area contributed by atoms with Gasteiger partial charge in [-0.15, -0.1) is 10.2 Å². The Bertz CT molecular complexity index is 597. The second-order valence-electron chi connectivity index (χ2n) is 5.26. The van der Waals surface area contributed by atoms with Crippen molar-refractivity contribution in [3.05, 3.63) is 30.3 Å². The lowest BCUT2D eigenvalue weighted by atomic mass is 9.81. The number of halogens is 3. The molecule has 2 aromatic rings. The van der Waals surface area contributed by atoms with Crippen molar-refractivity contribution in [1.29, 1.82) is 0 Å². The fraction of sp³-hybridized carbons (Fsp3) is 0.500. The maximum atomic E-state index is 12.8. The summed E-state index contributed by atoms with van der Waals surface area (Å²) < 4.78 is 44.0. The molecule has 2 atom stereocenters. The van der Waals surface area contributed by atoms with Crippen molar-refractivity contribution in [1.82, 2.24) is 15.2 Å². The smallest absolute Gasteiger partial charge is 0.391 e. The van der Waals surface area contributed by atoms with Crippen LogP contribution in [-0.2, 0) is 0 Å². The van der Waals surface area contributed by atoms with Gasteiger partial charge in [-0.1, -0.05) is 12.5 Å². The van der Waals surface area contributed by atoms with Crippen LogP contribution in [0, 0.1) is 5.92 Å². The molecule has 1 fully saturated rings. The van der Waals surface area contributed by atoms with Gasteiger partial charge in [-0.25, -0.2) is 0 Å². The highest BCUT2D eigenvalue weighted by Crippen LogP contribution is 2.43. The Hall–Kier alpha value is -1.92. The molecular formula is C14H14F3N3O. The van der Waals surface area contributed by atoms with Crippen molar-refractivity contribution in [2.75, 3.05) is 0 Å². The van der Waals surface area contributed by atoms with Gasteiger partial charge in [0.1, 0.15) is 5.69 Å². The Morgan fingerprint density at radius 2 is 2.00 bits per heavy atom. The van der Waals surface area contributed by atoms with Crippen molar-refractivity contribution in [2.24, 2.45) is 5.92 Å². The zero-order valence-corrected chi connectivity index (χ0v) is 11.2. The van der Waals surface area contributed by atoms with E-state index in [1.807, 2.05) is 0 Å². The molecule has 2 aromatic heterocycles.